The van der Waals surface area contributed by atoms with Crippen LogP contribution in [0.2, 0.25) is 5.02 Å². The number of hydrogen-bond donors (Lipinski definition) is 0. The molecule has 0 spiro atoms. The Hall–Kier alpha value is -3.09. The lowest BCUT2D eigenvalue weighted by atomic mass is 10.1. The van der Waals surface area contributed by atoms with Gasteiger partial charge in [0.25, 0.3) is 5.56 Å². The summed E-state index contributed by atoms with van der Waals surface area (Å²) in [5.41, 5.74) is 5.43. The highest BCUT2D eigenvalue weighted by Gasteiger charge is 2.21. The summed E-state index contributed by atoms with van der Waals surface area (Å²) in [6.07, 6.45) is 4.39. The summed E-state index contributed by atoms with van der Waals surface area (Å²) in [7, 11) is 0. The van der Waals surface area contributed by atoms with Gasteiger partial charge >= 0.3 is 0 Å². The van der Waals surface area contributed by atoms with E-state index in [-0.39, 0.29) is 12.2 Å². The van der Waals surface area contributed by atoms with E-state index >= 15 is 0 Å². The van der Waals surface area contributed by atoms with Crippen LogP contribution in [-0.4, -0.2) is 38.1 Å². The molecule has 0 aliphatic carbocycles. The molecule has 176 valence electrons. The van der Waals surface area contributed by atoms with E-state index in [1.54, 1.807) is 29.1 Å². The number of benzene rings is 1. The summed E-state index contributed by atoms with van der Waals surface area (Å²) < 4.78 is 9.88. The molecule has 0 radical (unpaired) electrons. The summed E-state index contributed by atoms with van der Waals surface area (Å²) >= 11 is 5.87. The number of ether oxygens (including phenoxy) is 1. The van der Waals surface area contributed by atoms with Gasteiger partial charge in [0.05, 0.1) is 10.7 Å². The first-order valence-electron chi connectivity index (χ1n) is 11.7. The SMILES string of the molecule is Cc1c2n(c3ccc(-n4ccc(OCc5ccc(Cl)cn5)cc4=O)cc13)CCN(C(C)C)CC2. The molecule has 0 fully saturated rings. The van der Waals surface area contributed by atoms with Crippen molar-refractivity contribution in [1.82, 2.24) is 19.0 Å². The second-order valence-electron chi connectivity index (χ2n) is 9.13. The van der Waals surface area contributed by atoms with Crippen molar-refractivity contribution in [3.8, 4) is 11.4 Å². The van der Waals surface area contributed by atoms with Gasteiger partial charge in [-0.05, 0) is 62.7 Å². The third-order valence-corrected chi connectivity index (χ3v) is 6.98. The lowest BCUT2D eigenvalue weighted by molar-refractivity contribution is 0.227. The molecule has 0 amide bonds. The number of rotatable bonds is 5. The van der Waals surface area contributed by atoms with Gasteiger partial charge in [-0.25, -0.2) is 0 Å². The van der Waals surface area contributed by atoms with Crippen molar-refractivity contribution in [2.75, 3.05) is 13.1 Å². The Morgan fingerprint density at radius 1 is 1.09 bits per heavy atom. The summed E-state index contributed by atoms with van der Waals surface area (Å²) in [6, 6.07) is 13.8. The van der Waals surface area contributed by atoms with Crippen LogP contribution in [0.5, 0.6) is 5.75 Å². The third-order valence-electron chi connectivity index (χ3n) is 6.76. The average Bonchev–Trinajstić information content (AvgIpc) is 2.97. The van der Waals surface area contributed by atoms with Gasteiger partial charge in [-0.15, -0.1) is 0 Å². The minimum absolute atomic E-state index is 0.132. The van der Waals surface area contributed by atoms with E-state index in [1.807, 2.05) is 12.1 Å². The second kappa shape index (κ2) is 9.28. The summed E-state index contributed by atoms with van der Waals surface area (Å²) in [5.74, 6) is 0.514. The molecule has 4 aromatic rings. The molecular weight excluding hydrogens is 448 g/mol. The molecule has 6 nitrogen and oxygen atoms in total. The normalized spacial score (nSPS) is 14.4. The van der Waals surface area contributed by atoms with Crippen LogP contribution in [0, 0.1) is 6.92 Å². The van der Waals surface area contributed by atoms with Crippen molar-refractivity contribution in [3.05, 3.63) is 87.2 Å². The summed E-state index contributed by atoms with van der Waals surface area (Å²) in [5, 5.41) is 1.79. The highest BCUT2D eigenvalue weighted by Crippen LogP contribution is 2.30. The Kier molecular flexibility index (Phi) is 6.19. The van der Waals surface area contributed by atoms with E-state index in [9.17, 15) is 4.79 Å². The van der Waals surface area contributed by atoms with Crippen molar-refractivity contribution < 1.29 is 4.74 Å². The molecule has 0 bridgehead atoms. The number of hydrogen-bond acceptors (Lipinski definition) is 4. The van der Waals surface area contributed by atoms with Crippen LogP contribution in [0.4, 0.5) is 0 Å². The monoisotopic (exact) mass is 476 g/mol. The lowest BCUT2D eigenvalue weighted by Gasteiger charge is -2.23. The van der Waals surface area contributed by atoms with Gasteiger partial charge in [-0.1, -0.05) is 11.6 Å². The number of halogens is 1. The van der Waals surface area contributed by atoms with Crippen LogP contribution in [-0.2, 0) is 19.6 Å². The van der Waals surface area contributed by atoms with E-state index in [4.69, 9.17) is 16.3 Å². The molecule has 7 heteroatoms. The van der Waals surface area contributed by atoms with Crippen molar-refractivity contribution in [2.24, 2.45) is 0 Å². The minimum Gasteiger partial charge on any atom is -0.487 e. The van der Waals surface area contributed by atoms with Crippen LogP contribution in [0.25, 0.3) is 16.6 Å². The van der Waals surface area contributed by atoms with Crippen molar-refractivity contribution in [2.45, 2.75) is 46.4 Å². The van der Waals surface area contributed by atoms with Gasteiger partial charge in [0.2, 0.25) is 0 Å². The van der Waals surface area contributed by atoms with Crippen LogP contribution in [0.1, 0.15) is 30.8 Å². The topological polar surface area (TPSA) is 52.3 Å². The maximum atomic E-state index is 12.9. The number of fused-ring (bicyclic) bond motifs is 3. The largest absolute Gasteiger partial charge is 0.487 e. The molecule has 0 unspecified atom stereocenters. The Labute approximate surface area is 204 Å². The van der Waals surface area contributed by atoms with Crippen LogP contribution < -0.4 is 10.3 Å². The Morgan fingerprint density at radius 3 is 2.68 bits per heavy atom. The maximum absolute atomic E-state index is 12.9. The molecule has 1 aliphatic heterocycles. The van der Waals surface area contributed by atoms with E-state index < -0.39 is 0 Å². The zero-order valence-electron chi connectivity index (χ0n) is 19.8. The maximum Gasteiger partial charge on any atom is 0.258 e. The molecule has 0 N–H and O–H groups in total. The third kappa shape index (κ3) is 4.36. The number of aryl methyl sites for hydroxylation is 1. The summed E-state index contributed by atoms with van der Waals surface area (Å²) in [6.45, 7) is 10.1. The number of aromatic nitrogens is 3. The smallest absolute Gasteiger partial charge is 0.258 e. The van der Waals surface area contributed by atoms with Crippen molar-refractivity contribution in [1.29, 1.82) is 0 Å². The summed E-state index contributed by atoms with van der Waals surface area (Å²) in [4.78, 5) is 19.7. The molecule has 0 atom stereocenters. The zero-order valence-corrected chi connectivity index (χ0v) is 20.5. The molecule has 5 rings (SSSR count). The lowest BCUT2D eigenvalue weighted by Crippen LogP contribution is -2.33. The van der Waals surface area contributed by atoms with Gasteiger partial charge in [-0.3, -0.25) is 19.2 Å². The molecule has 1 aromatic carbocycles. The van der Waals surface area contributed by atoms with Gasteiger partial charge in [0, 0.05) is 72.8 Å². The zero-order chi connectivity index (χ0) is 23.8. The Morgan fingerprint density at radius 2 is 1.94 bits per heavy atom. The van der Waals surface area contributed by atoms with E-state index in [1.165, 1.54) is 28.2 Å². The Bertz CT molecular complexity index is 1390. The van der Waals surface area contributed by atoms with Gasteiger partial charge in [0.1, 0.15) is 12.4 Å². The first-order chi connectivity index (χ1) is 16.4. The number of pyridine rings is 2. The van der Waals surface area contributed by atoms with Crippen molar-refractivity contribution in [3.63, 3.8) is 0 Å². The van der Waals surface area contributed by atoms with E-state index in [0.717, 1.165) is 37.4 Å². The fraction of sp³-hybridized carbons (Fsp3) is 0.333. The van der Waals surface area contributed by atoms with Gasteiger partial charge in [-0.2, -0.15) is 0 Å². The standard InChI is InChI=1S/C27H29ClN4O2/c1-18(2)30-10-9-25-19(3)24-14-22(6-7-26(24)32(25)13-12-30)31-11-8-23(15-27(31)33)34-17-21-5-4-20(28)16-29-21/h4-8,11,14-16,18H,9-10,12-13,17H2,1-3H3. The minimum atomic E-state index is -0.132. The first-order valence-corrected chi connectivity index (χ1v) is 12.1. The van der Waals surface area contributed by atoms with E-state index in [2.05, 4.69) is 47.4 Å². The molecule has 0 saturated carbocycles. The second-order valence-corrected chi connectivity index (χ2v) is 9.57. The van der Waals surface area contributed by atoms with Crippen LogP contribution in [0.3, 0.4) is 0 Å². The molecule has 4 heterocycles. The predicted molar refractivity (Wildman–Crippen MR) is 136 cm³/mol. The molecule has 3 aromatic heterocycles. The molecular formula is C27H29ClN4O2. The molecule has 34 heavy (non-hydrogen) atoms. The highest BCUT2D eigenvalue weighted by molar-refractivity contribution is 6.30. The van der Waals surface area contributed by atoms with Crippen LogP contribution >= 0.6 is 11.6 Å². The first kappa shape index (κ1) is 22.7. The molecule has 1 aliphatic rings. The van der Waals surface area contributed by atoms with Crippen molar-refractivity contribution >= 4 is 22.5 Å². The number of nitrogens with zero attached hydrogens (tertiary/aromatic N) is 4. The van der Waals surface area contributed by atoms with E-state index in [0.29, 0.717) is 16.8 Å². The quantitative estimate of drug-likeness (QED) is 0.407. The highest BCUT2D eigenvalue weighted by atomic mass is 35.5. The fourth-order valence-corrected chi connectivity index (χ4v) is 4.92. The fourth-order valence-electron chi connectivity index (χ4n) is 4.81. The van der Waals surface area contributed by atoms with Crippen LogP contribution in [0.15, 0.2) is 59.7 Å². The van der Waals surface area contributed by atoms with Gasteiger partial charge in [0.15, 0.2) is 0 Å². The molecule has 0 saturated heterocycles. The van der Waals surface area contributed by atoms with Gasteiger partial charge < -0.3 is 9.30 Å². The average molecular weight is 477 g/mol. The predicted octanol–water partition coefficient (Wildman–Crippen LogP) is 4.99. The Balaban J connectivity index is 1.40.